The van der Waals surface area contributed by atoms with Crippen LogP contribution in [0, 0.1) is 6.92 Å². The van der Waals surface area contributed by atoms with Crippen LogP contribution >= 0.6 is 0 Å². The molecule has 0 amide bonds. The van der Waals surface area contributed by atoms with E-state index in [1.54, 1.807) is 0 Å². The zero-order valence-electron chi connectivity index (χ0n) is 14.0. The van der Waals surface area contributed by atoms with Crippen LogP contribution in [-0.2, 0) is 6.54 Å². The van der Waals surface area contributed by atoms with Gasteiger partial charge in [0.05, 0.1) is 0 Å². The van der Waals surface area contributed by atoms with Gasteiger partial charge in [-0.15, -0.1) is 0 Å². The summed E-state index contributed by atoms with van der Waals surface area (Å²) in [5.74, 6) is 1.02. The molecule has 0 atom stereocenters. The highest BCUT2D eigenvalue weighted by atomic mass is 16.5. The standard InChI is InChI=1S/C18H30N2O/c1-15-7-8-17(16(13-15)14-19-18(2,3)4)21-12-11-20-9-5-6-10-20/h7-8,13,19H,5-6,9-12,14H2,1-4H3. The molecule has 2 rings (SSSR count). The number of hydrogen-bond donors (Lipinski definition) is 1. The topological polar surface area (TPSA) is 24.5 Å². The molecule has 21 heavy (non-hydrogen) atoms. The second-order valence-corrected chi connectivity index (χ2v) is 7.11. The van der Waals surface area contributed by atoms with Gasteiger partial charge in [0.15, 0.2) is 0 Å². The van der Waals surface area contributed by atoms with Crippen molar-refractivity contribution in [1.82, 2.24) is 10.2 Å². The third-order valence-electron chi connectivity index (χ3n) is 3.89. The van der Waals surface area contributed by atoms with Crippen molar-refractivity contribution in [3.8, 4) is 5.75 Å². The fourth-order valence-electron chi connectivity index (χ4n) is 2.64. The average molecular weight is 290 g/mol. The van der Waals surface area contributed by atoms with E-state index < -0.39 is 0 Å². The summed E-state index contributed by atoms with van der Waals surface area (Å²) in [6.07, 6.45) is 2.68. The minimum Gasteiger partial charge on any atom is -0.492 e. The van der Waals surface area contributed by atoms with Crippen molar-refractivity contribution < 1.29 is 4.74 Å². The predicted octanol–water partition coefficient (Wildman–Crippen LogP) is 3.36. The van der Waals surface area contributed by atoms with Gasteiger partial charge in [-0.3, -0.25) is 4.90 Å². The highest BCUT2D eigenvalue weighted by Crippen LogP contribution is 2.21. The smallest absolute Gasteiger partial charge is 0.123 e. The molecule has 1 heterocycles. The van der Waals surface area contributed by atoms with E-state index in [-0.39, 0.29) is 5.54 Å². The first-order valence-electron chi connectivity index (χ1n) is 8.14. The lowest BCUT2D eigenvalue weighted by molar-refractivity contribution is 0.235. The average Bonchev–Trinajstić information content (AvgIpc) is 2.91. The lowest BCUT2D eigenvalue weighted by Crippen LogP contribution is -2.35. The lowest BCUT2D eigenvalue weighted by Gasteiger charge is -2.22. The normalized spacial score (nSPS) is 16.4. The quantitative estimate of drug-likeness (QED) is 0.869. The zero-order valence-corrected chi connectivity index (χ0v) is 14.0. The highest BCUT2D eigenvalue weighted by molar-refractivity contribution is 5.37. The molecule has 0 bridgehead atoms. The maximum atomic E-state index is 6.04. The van der Waals surface area contributed by atoms with Crippen LogP contribution in [0.15, 0.2) is 18.2 Å². The van der Waals surface area contributed by atoms with Crippen LogP contribution in [0.2, 0.25) is 0 Å². The van der Waals surface area contributed by atoms with Crippen molar-refractivity contribution in [2.24, 2.45) is 0 Å². The summed E-state index contributed by atoms with van der Waals surface area (Å²) in [6, 6.07) is 6.47. The first-order valence-corrected chi connectivity index (χ1v) is 8.14. The number of nitrogens with zero attached hydrogens (tertiary/aromatic N) is 1. The summed E-state index contributed by atoms with van der Waals surface area (Å²) in [5, 5.41) is 3.55. The molecule has 0 saturated carbocycles. The molecular formula is C18H30N2O. The highest BCUT2D eigenvalue weighted by Gasteiger charge is 2.13. The molecule has 1 saturated heterocycles. The monoisotopic (exact) mass is 290 g/mol. The van der Waals surface area contributed by atoms with Crippen molar-refractivity contribution >= 4 is 0 Å². The number of ether oxygens (including phenoxy) is 1. The fraction of sp³-hybridized carbons (Fsp3) is 0.667. The molecule has 0 aromatic heterocycles. The first-order chi connectivity index (χ1) is 9.94. The Morgan fingerprint density at radius 1 is 1.19 bits per heavy atom. The van der Waals surface area contributed by atoms with E-state index in [9.17, 15) is 0 Å². The third kappa shape index (κ3) is 5.68. The van der Waals surface area contributed by atoms with Gasteiger partial charge < -0.3 is 10.1 Å². The van der Waals surface area contributed by atoms with E-state index >= 15 is 0 Å². The molecule has 1 N–H and O–H groups in total. The second-order valence-electron chi connectivity index (χ2n) is 7.11. The Bertz CT molecular complexity index is 445. The maximum absolute atomic E-state index is 6.04. The predicted molar refractivity (Wildman–Crippen MR) is 88.9 cm³/mol. The summed E-state index contributed by atoms with van der Waals surface area (Å²) in [6.45, 7) is 13.8. The fourth-order valence-corrected chi connectivity index (χ4v) is 2.64. The molecule has 1 fully saturated rings. The number of hydrogen-bond acceptors (Lipinski definition) is 3. The van der Waals surface area contributed by atoms with Crippen molar-refractivity contribution in [2.75, 3.05) is 26.2 Å². The molecule has 1 aliphatic rings. The number of likely N-dealkylation sites (tertiary alicyclic amines) is 1. The Morgan fingerprint density at radius 3 is 2.57 bits per heavy atom. The first kappa shape index (κ1) is 16.3. The zero-order chi connectivity index (χ0) is 15.3. The van der Waals surface area contributed by atoms with Crippen molar-refractivity contribution in [1.29, 1.82) is 0 Å². The second kappa shape index (κ2) is 7.28. The van der Waals surface area contributed by atoms with E-state index in [2.05, 4.69) is 56.1 Å². The van der Waals surface area contributed by atoms with Crippen molar-refractivity contribution in [2.45, 2.75) is 52.6 Å². The van der Waals surface area contributed by atoms with Gasteiger partial charge in [0.1, 0.15) is 12.4 Å². The molecule has 0 spiro atoms. The van der Waals surface area contributed by atoms with Crippen LogP contribution in [-0.4, -0.2) is 36.7 Å². The summed E-state index contributed by atoms with van der Waals surface area (Å²) in [7, 11) is 0. The molecule has 0 unspecified atom stereocenters. The molecule has 1 aliphatic heterocycles. The Kier molecular flexibility index (Phi) is 5.65. The minimum absolute atomic E-state index is 0.122. The summed E-state index contributed by atoms with van der Waals surface area (Å²) in [4.78, 5) is 2.49. The molecule has 118 valence electrons. The van der Waals surface area contributed by atoms with E-state index in [0.717, 1.165) is 25.4 Å². The maximum Gasteiger partial charge on any atom is 0.123 e. The Hall–Kier alpha value is -1.06. The minimum atomic E-state index is 0.122. The van der Waals surface area contributed by atoms with E-state index in [1.165, 1.54) is 37.1 Å². The van der Waals surface area contributed by atoms with Gasteiger partial charge in [-0.2, -0.15) is 0 Å². The van der Waals surface area contributed by atoms with Crippen molar-refractivity contribution in [3.63, 3.8) is 0 Å². The molecule has 0 aliphatic carbocycles. The van der Waals surface area contributed by atoms with E-state index in [4.69, 9.17) is 4.74 Å². The summed E-state index contributed by atoms with van der Waals surface area (Å²) >= 11 is 0. The largest absolute Gasteiger partial charge is 0.492 e. The Morgan fingerprint density at radius 2 is 1.90 bits per heavy atom. The lowest BCUT2D eigenvalue weighted by atomic mass is 10.1. The molecule has 1 aromatic rings. The van der Waals surface area contributed by atoms with Crippen molar-refractivity contribution in [3.05, 3.63) is 29.3 Å². The van der Waals surface area contributed by atoms with Gasteiger partial charge in [-0.05, 0) is 59.7 Å². The van der Waals surface area contributed by atoms with Gasteiger partial charge in [0.25, 0.3) is 0 Å². The number of benzene rings is 1. The summed E-state index contributed by atoms with van der Waals surface area (Å²) in [5.41, 5.74) is 2.66. The van der Waals surface area contributed by atoms with Crippen LogP contribution in [0.3, 0.4) is 0 Å². The number of rotatable bonds is 6. The van der Waals surface area contributed by atoms with Gasteiger partial charge in [0, 0.05) is 24.2 Å². The molecule has 0 radical (unpaired) electrons. The van der Waals surface area contributed by atoms with Crippen LogP contribution in [0.25, 0.3) is 0 Å². The summed E-state index contributed by atoms with van der Waals surface area (Å²) < 4.78 is 6.04. The molecule has 1 aromatic carbocycles. The van der Waals surface area contributed by atoms with Crippen LogP contribution in [0.1, 0.15) is 44.7 Å². The van der Waals surface area contributed by atoms with Gasteiger partial charge in [-0.25, -0.2) is 0 Å². The number of nitrogens with one attached hydrogen (secondary N) is 1. The molecular weight excluding hydrogens is 260 g/mol. The van der Waals surface area contributed by atoms with Crippen LogP contribution in [0.4, 0.5) is 0 Å². The van der Waals surface area contributed by atoms with Gasteiger partial charge in [0.2, 0.25) is 0 Å². The SMILES string of the molecule is Cc1ccc(OCCN2CCCC2)c(CNC(C)(C)C)c1. The molecule has 3 heteroatoms. The third-order valence-corrected chi connectivity index (χ3v) is 3.89. The Balaban J connectivity index is 1.90. The van der Waals surface area contributed by atoms with E-state index in [1.807, 2.05) is 0 Å². The van der Waals surface area contributed by atoms with Gasteiger partial charge in [-0.1, -0.05) is 17.7 Å². The van der Waals surface area contributed by atoms with Gasteiger partial charge >= 0.3 is 0 Å². The molecule has 3 nitrogen and oxygen atoms in total. The van der Waals surface area contributed by atoms with Crippen LogP contribution < -0.4 is 10.1 Å². The number of aryl methyl sites for hydroxylation is 1. The van der Waals surface area contributed by atoms with Crippen LogP contribution in [0.5, 0.6) is 5.75 Å². The van der Waals surface area contributed by atoms with E-state index in [0.29, 0.717) is 0 Å². The Labute approximate surface area is 129 Å².